The van der Waals surface area contributed by atoms with Crippen LogP contribution in [0.2, 0.25) is 0 Å². The molecule has 0 fully saturated rings. The fraction of sp³-hybridized carbons (Fsp3) is 0.240. The van der Waals surface area contributed by atoms with Gasteiger partial charge in [0.25, 0.3) is 5.91 Å². The van der Waals surface area contributed by atoms with E-state index in [1.54, 1.807) is 0 Å². The van der Waals surface area contributed by atoms with E-state index in [-0.39, 0.29) is 16.5 Å². The van der Waals surface area contributed by atoms with Crippen molar-refractivity contribution in [3.8, 4) is 5.75 Å². The van der Waals surface area contributed by atoms with Crippen LogP contribution in [0.1, 0.15) is 46.9 Å². The van der Waals surface area contributed by atoms with Gasteiger partial charge in [-0.1, -0.05) is 60.2 Å². The van der Waals surface area contributed by atoms with Crippen molar-refractivity contribution in [1.29, 1.82) is 0 Å². The third-order valence-electron chi connectivity index (χ3n) is 4.96. The number of amides is 1. The van der Waals surface area contributed by atoms with Gasteiger partial charge in [-0.05, 0) is 50.1 Å². The number of hydrogen-bond acceptors (Lipinski definition) is 4. The number of aryl methyl sites for hydroxylation is 1. The molecule has 0 aliphatic heterocycles. The molecule has 0 heterocycles. The standard InChI is InChI=1S/C25H28N2O4S/c1-17(2)26-25(28)22-16-21(14-15-23(22)31-4)32(29,30)27-24(19-8-6-5-7-9-19)20-12-10-18(3)11-13-20/h5-17,24,27H,1-4H3,(H,26,28)/t24-/m0/s1. The second-order valence-electron chi connectivity index (χ2n) is 7.87. The van der Waals surface area contributed by atoms with Crippen LogP contribution >= 0.6 is 0 Å². The van der Waals surface area contributed by atoms with Crippen LogP contribution in [0.3, 0.4) is 0 Å². The fourth-order valence-corrected chi connectivity index (χ4v) is 4.57. The molecule has 3 aromatic carbocycles. The van der Waals surface area contributed by atoms with Crippen LogP contribution in [-0.2, 0) is 10.0 Å². The number of methoxy groups -OCH3 is 1. The van der Waals surface area contributed by atoms with Crippen molar-refractivity contribution in [3.63, 3.8) is 0 Å². The number of carbonyl (C=O) groups excluding carboxylic acids is 1. The highest BCUT2D eigenvalue weighted by atomic mass is 32.2. The fourth-order valence-electron chi connectivity index (χ4n) is 3.33. The van der Waals surface area contributed by atoms with Crippen molar-refractivity contribution in [2.45, 2.75) is 37.8 Å². The van der Waals surface area contributed by atoms with Crippen molar-refractivity contribution in [3.05, 3.63) is 95.1 Å². The van der Waals surface area contributed by atoms with Crippen molar-refractivity contribution < 1.29 is 17.9 Å². The second-order valence-corrected chi connectivity index (χ2v) is 9.58. The quantitative estimate of drug-likeness (QED) is 0.536. The zero-order valence-corrected chi connectivity index (χ0v) is 19.4. The van der Waals surface area contributed by atoms with Crippen LogP contribution in [0.15, 0.2) is 77.7 Å². The van der Waals surface area contributed by atoms with E-state index in [0.717, 1.165) is 16.7 Å². The van der Waals surface area contributed by atoms with E-state index in [1.807, 2.05) is 75.4 Å². The average Bonchev–Trinajstić information content (AvgIpc) is 2.78. The highest BCUT2D eigenvalue weighted by Gasteiger charge is 2.25. The van der Waals surface area contributed by atoms with Gasteiger partial charge >= 0.3 is 0 Å². The molecular formula is C25H28N2O4S. The van der Waals surface area contributed by atoms with Crippen molar-refractivity contribution >= 4 is 15.9 Å². The molecule has 6 nitrogen and oxygen atoms in total. The normalized spacial score (nSPS) is 12.4. The maximum Gasteiger partial charge on any atom is 0.255 e. The molecule has 0 radical (unpaired) electrons. The van der Waals surface area contributed by atoms with Gasteiger partial charge in [-0.15, -0.1) is 0 Å². The van der Waals surface area contributed by atoms with E-state index >= 15 is 0 Å². The molecule has 3 aromatic rings. The lowest BCUT2D eigenvalue weighted by molar-refractivity contribution is 0.0940. The van der Waals surface area contributed by atoms with Gasteiger partial charge in [0.1, 0.15) is 5.75 Å². The highest BCUT2D eigenvalue weighted by Crippen LogP contribution is 2.27. The molecule has 0 saturated heterocycles. The van der Waals surface area contributed by atoms with Crippen molar-refractivity contribution in [2.24, 2.45) is 0 Å². The predicted molar refractivity (Wildman–Crippen MR) is 125 cm³/mol. The Morgan fingerprint density at radius 1 is 0.906 bits per heavy atom. The lowest BCUT2D eigenvalue weighted by Gasteiger charge is -2.21. The average molecular weight is 453 g/mol. The lowest BCUT2D eigenvalue weighted by Crippen LogP contribution is -2.32. The van der Waals surface area contributed by atoms with E-state index in [4.69, 9.17) is 4.74 Å². The Morgan fingerprint density at radius 3 is 2.12 bits per heavy atom. The molecule has 0 spiro atoms. The first-order chi connectivity index (χ1) is 15.2. The number of nitrogens with one attached hydrogen (secondary N) is 2. The first kappa shape index (κ1) is 23.5. The summed E-state index contributed by atoms with van der Waals surface area (Å²) in [7, 11) is -2.52. The van der Waals surface area contributed by atoms with Gasteiger partial charge in [0.15, 0.2) is 0 Å². The molecule has 2 N–H and O–H groups in total. The number of benzene rings is 3. The van der Waals surface area contributed by atoms with Gasteiger partial charge in [-0.25, -0.2) is 8.42 Å². The van der Waals surface area contributed by atoms with Crippen molar-refractivity contribution in [1.82, 2.24) is 10.0 Å². The molecule has 168 valence electrons. The third-order valence-corrected chi connectivity index (χ3v) is 6.38. The summed E-state index contributed by atoms with van der Waals surface area (Å²) >= 11 is 0. The maximum absolute atomic E-state index is 13.4. The van der Waals surface area contributed by atoms with Crippen LogP contribution in [0, 0.1) is 6.92 Å². The number of sulfonamides is 1. The lowest BCUT2D eigenvalue weighted by atomic mass is 9.99. The summed E-state index contributed by atoms with van der Waals surface area (Å²) in [6, 6.07) is 20.7. The molecule has 0 aliphatic rings. The minimum atomic E-state index is -3.96. The maximum atomic E-state index is 13.4. The minimum Gasteiger partial charge on any atom is -0.496 e. The molecule has 7 heteroatoms. The topological polar surface area (TPSA) is 84.5 Å². The van der Waals surface area contributed by atoms with E-state index in [0.29, 0.717) is 5.75 Å². The summed E-state index contributed by atoms with van der Waals surface area (Å²) in [4.78, 5) is 12.6. The molecule has 0 aliphatic carbocycles. The van der Waals surface area contributed by atoms with E-state index < -0.39 is 22.0 Å². The van der Waals surface area contributed by atoms with Crippen LogP contribution in [0.25, 0.3) is 0 Å². The van der Waals surface area contributed by atoms with E-state index in [9.17, 15) is 13.2 Å². The van der Waals surface area contributed by atoms with Gasteiger partial charge in [0, 0.05) is 6.04 Å². The summed E-state index contributed by atoms with van der Waals surface area (Å²) in [5, 5.41) is 2.78. The Hall–Kier alpha value is -3.16. The van der Waals surface area contributed by atoms with Gasteiger partial charge in [0.05, 0.1) is 23.6 Å². The third kappa shape index (κ3) is 5.55. The number of hydrogen-bond donors (Lipinski definition) is 2. The molecule has 0 aromatic heterocycles. The number of ether oxygens (including phenoxy) is 1. The van der Waals surface area contributed by atoms with Crippen molar-refractivity contribution in [2.75, 3.05) is 7.11 Å². The SMILES string of the molecule is COc1ccc(S(=O)(=O)N[C@@H](c2ccccc2)c2ccc(C)cc2)cc1C(=O)NC(C)C. The summed E-state index contributed by atoms with van der Waals surface area (Å²) in [5.74, 6) is -0.0905. The molecule has 0 unspecified atom stereocenters. The van der Waals surface area contributed by atoms with Gasteiger partial charge in [-0.2, -0.15) is 4.72 Å². The Morgan fingerprint density at radius 2 is 1.53 bits per heavy atom. The summed E-state index contributed by atoms with van der Waals surface area (Å²) in [5.41, 5.74) is 2.87. The zero-order valence-electron chi connectivity index (χ0n) is 18.6. The Labute approximate surface area is 189 Å². The Kier molecular flexibility index (Phi) is 7.33. The van der Waals surface area contributed by atoms with Crippen LogP contribution in [0.5, 0.6) is 5.75 Å². The largest absolute Gasteiger partial charge is 0.496 e. The first-order valence-corrected chi connectivity index (χ1v) is 11.8. The molecule has 1 amide bonds. The zero-order chi connectivity index (χ0) is 23.3. The molecular weight excluding hydrogens is 424 g/mol. The summed E-state index contributed by atoms with van der Waals surface area (Å²) < 4.78 is 34.8. The van der Waals surface area contributed by atoms with Crippen LogP contribution in [0.4, 0.5) is 0 Å². The van der Waals surface area contributed by atoms with Gasteiger partial charge in [-0.3, -0.25) is 4.79 Å². The van der Waals surface area contributed by atoms with E-state index in [2.05, 4.69) is 10.0 Å². The molecule has 1 atom stereocenters. The molecule has 3 rings (SSSR count). The first-order valence-electron chi connectivity index (χ1n) is 10.3. The Balaban J connectivity index is 2.01. The monoisotopic (exact) mass is 452 g/mol. The molecule has 32 heavy (non-hydrogen) atoms. The minimum absolute atomic E-state index is 0.0137. The highest BCUT2D eigenvalue weighted by molar-refractivity contribution is 7.89. The predicted octanol–water partition coefficient (Wildman–Crippen LogP) is 4.21. The second kappa shape index (κ2) is 9.97. The molecule has 0 saturated carbocycles. The number of carbonyl (C=O) groups is 1. The summed E-state index contributed by atoms with van der Waals surface area (Å²) in [6.07, 6.45) is 0. The van der Waals surface area contributed by atoms with Gasteiger partial charge in [0.2, 0.25) is 10.0 Å². The van der Waals surface area contributed by atoms with E-state index in [1.165, 1.54) is 25.3 Å². The van der Waals surface area contributed by atoms with Gasteiger partial charge < -0.3 is 10.1 Å². The van der Waals surface area contributed by atoms with Crippen LogP contribution < -0.4 is 14.8 Å². The Bertz CT molecular complexity index is 1170. The van der Waals surface area contributed by atoms with Crippen LogP contribution in [-0.4, -0.2) is 27.5 Å². The number of rotatable bonds is 8. The summed E-state index contributed by atoms with van der Waals surface area (Å²) in [6.45, 7) is 5.64. The smallest absolute Gasteiger partial charge is 0.255 e. The molecule has 0 bridgehead atoms.